The molecule has 5 heteroatoms. The molecule has 2 aromatic rings. The molecule has 0 atom stereocenters. The highest BCUT2D eigenvalue weighted by Crippen LogP contribution is 2.32. The Hall–Kier alpha value is -2.27. The van der Waals surface area contributed by atoms with Crippen LogP contribution in [0.4, 0.5) is 0 Å². The van der Waals surface area contributed by atoms with Crippen molar-refractivity contribution < 1.29 is 14.2 Å². The number of nitrogens with zero attached hydrogens (tertiary/aromatic N) is 1. The largest absolute Gasteiger partial charge is 0.490 e. The fourth-order valence-electron chi connectivity index (χ4n) is 2.02. The van der Waals surface area contributed by atoms with E-state index in [1.807, 2.05) is 37.3 Å². The minimum Gasteiger partial charge on any atom is -0.490 e. The van der Waals surface area contributed by atoms with E-state index in [1.54, 1.807) is 13.3 Å². The van der Waals surface area contributed by atoms with Crippen LogP contribution in [0.2, 0.25) is 0 Å². The normalized spacial score (nSPS) is 10.2. The first-order valence-corrected chi connectivity index (χ1v) is 6.85. The molecule has 0 radical (unpaired) electrons. The molecule has 1 aromatic carbocycles. The van der Waals surface area contributed by atoms with Crippen LogP contribution < -0.4 is 19.9 Å². The Labute approximate surface area is 124 Å². The van der Waals surface area contributed by atoms with Crippen LogP contribution in [0.5, 0.6) is 17.4 Å². The summed E-state index contributed by atoms with van der Waals surface area (Å²) in [4.78, 5) is 4.15. The molecule has 0 spiro atoms. The number of benzene rings is 1. The zero-order valence-corrected chi connectivity index (χ0v) is 12.3. The van der Waals surface area contributed by atoms with Gasteiger partial charge in [0, 0.05) is 18.3 Å². The quantitative estimate of drug-likeness (QED) is 0.848. The number of hydrogen-bond donors (Lipinski definition) is 1. The van der Waals surface area contributed by atoms with Crippen molar-refractivity contribution in [1.29, 1.82) is 0 Å². The lowest BCUT2D eigenvalue weighted by atomic mass is 10.2. The fraction of sp³-hybridized carbons (Fsp3) is 0.312. The van der Waals surface area contributed by atoms with Gasteiger partial charge in [-0.25, -0.2) is 4.98 Å². The standard InChI is InChI=1S/C16H20N2O3/c1-3-20-14-8-4-6-12(10-17)15(14)21-11-13-7-5-9-18-16(13)19-2/h4-9H,3,10-11,17H2,1-2H3. The summed E-state index contributed by atoms with van der Waals surface area (Å²) in [5.74, 6) is 1.93. The van der Waals surface area contributed by atoms with Crippen LogP contribution in [0.1, 0.15) is 18.1 Å². The maximum Gasteiger partial charge on any atom is 0.219 e. The van der Waals surface area contributed by atoms with Crippen molar-refractivity contribution in [2.45, 2.75) is 20.1 Å². The van der Waals surface area contributed by atoms with Gasteiger partial charge in [0.25, 0.3) is 0 Å². The molecule has 2 rings (SSSR count). The zero-order valence-electron chi connectivity index (χ0n) is 12.3. The summed E-state index contributed by atoms with van der Waals surface area (Å²) in [5, 5.41) is 0. The van der Waals surface area contributed by atoms with Gasteiger partial charge in [-0.2, -0.15) is 0 Å². The summed E-state index contributed by atoms with van der Waals surface area (Å²) in [7, 11) is 1.59. The smallest absolute Gasteiger partial charge is 0.219 e. The highest BCUT2D eigenvalue weighted by atomic mass is 16.5. The number of pyridine rings is 1. The van der Waals surface area contributed by atoms with Crippen molar-refractivity contribution in [2.24, 2.45) is 5.73 Å². The monoisotopic (exact) mass is 288 g/mol. The van der Waals surface area contributed by atoms with Crippen LogP contribution in [-0.4, -0.2) is 18.7 Å². The minimum atomic E-state index is 0.341. The first-order chi connectivity index (χ1) is 10.3. The van der Waals surface area contributed by atoms with Gasteiger partial charge in [0.15, 0.2) is 11.5 Å². The number of nitrogens with two attached hydrogens (primary N) is 1. The number of aromatic nitrogens is 1. The van der Waals surface area contributed by atoms with E-state index in [0.717, 1.165) is 11.1 Å². The molecule has 21 heavy (non-hydrogen) atoms. The van der Waals surface area contributed by atoms with E-state index in [0.29, 0.717) is 37.1 Å². The van der Waals surface area contributed by atoms with E-state index >= 15 is 0 Å². The second-order valence-electron chi connectivity index (χ2n) is 4.34. The third-order valence-electron chi connectivity index (χ3n) is 3.00. The minimum absolute atomic E-state index is 0.341. The molecular formula is C16H20N2O3. The lowest BCUT2D eigenvalue weighted by molar-refractivity contribution is 0.261. The Morgan fingerprint density at radius 1 is 1.10 bits per heavy atom. The summed E-state index contributed by atoms with van der Waals surface area (Å²) in [6.07, 6.45) is 1.68. The van der Waals surface area contributed by atoms with Crippen LogP contribution >= 0.6 is 0 Å². The second-order valence-corrected chi connectivity index (χ2v) is 4.34. The van der Waals surface area contributed by atoms with Crippen LogP contribution in [-0.2, 0) is 13.2 Å². The summed E-state index contributed by atoms with van der Waals surface area (Å²) in [6, 6.07) is 9.47. The van der Waals surface area contributed by atoms with Crippen molar-refractivity contribution in [3.05, 3.63) is 47.7 Å². The van der Waals surface area contributed by atoms with Crippen molar-refractivity contribution in [2.75, 3.05) is 13.7 Å². The van der Waals surface area contributed by atoms with Crippen LogP contribution in [0.3, 0.4) is 0 Å². The first-order valence-electron chi connectivity index (χ1n) is 6.85. The Kier molecular flexibility index (Phi) is 5.40. The van der Waals surface area contributed by atoms with Gasteiger partial charge in [0.1, 0.15) is 6.61 Å². The van der Waals surface area contributed by atoms with Gasteiger partial charge in [0.2, 0.25) is 5.88 Å². The number of methoxy groups -OCH3 is 1. The molecule has 0 aliphatic rings. The van der Waals surface area contributed by atoms with Gasteiger partial charge >= 0.3 is 0 Å². The molecular weight excluding hydrogens is 268 g/mol. The van der Waals surface area contributed by atoms with Crippen molar-refractivity contribution >= 4 is 0 Å². The molecule has 2 N–H and O–H groups in total. The van der Waals surface area contributed by atoms with Crippen molar-refractivity contribution in [1.82, 2.24) is 4.98 Å². The SMILES string of the molecule is CCOc1cccc(CN)c1OCc1cccnc1OC. The van der Waals surface area contributed by atoms with E-state index in [-0.39, 0.29) is 0 Å². The maximum absolute atomic E-state index is 5.92. The highest BCUT2D eigenvalue weighted by Gasteiger charge is 2.12. The zero-order chi connectivity index (χ0) is 15.1. The molecule has 0 saturated heterocycles. The predicted molar refractivity (Wildman–Crippen MR) is 80.6 cm³/mol. The van der Waals surface area contributed by atoms with Gasteiger partial charge < -0.3 is 19.9 Å². The third kappa shape index (κ3) is 3.64. The molecule has 5 nitrogen and oxygen atoms in total. The number of ether oxygens (including phenoxy) is 3. The summed E-state index contributed by atoms with van der Waals surface area (Å²) in [5.41, 5.74) is 7.54. The number of rotatable bonds is 7. The van der Waals surface area contributed by atoms with E-state index in [9.17, 15) is 0 Å². The topological polar surface area (TPSA) is 66.6 Å². The molecule has 0 amide bonds. The van der Waals surface area contributed by atoms with Crippen molar-refractivity contribution in [3.8, 4) is 17.4 Å². The Morgan fingerprint density at radius 3 is 2.62 bits per heavy atom. The molecule has 0 unspecified atom stereocenters. The summed E-state index contributed by atoms with van der Waals surface area (Å²) < 4.78 is 16.7. The van der Waals surface area contributed by atoms with E-state index in [1.165, 1.54) is 0 Å². The van der Waals surface area contributed by atoms with E-state index in [2.05, 4.69) is 4.98 Å². The molecule has 0 bridgehead atoms. The van der Waals surface area contributed by atoms with Gasteiger partial charge in [-0.15, -0.1) is 0 Å². The lowest BCUT2D eigenvalue weighted by Gasteiger charge is -2.16. The highest BCUT2D eigenvalue weighted by molar-refractivity contribution is 5.46. The van der Waals surface area contributed by atoms with Gasteiger partial charge in [-0.1, -0.05) is 12.1 Å². The average molecular weight is 288 g/mol. The van der Waals surface area contributed by atoms with Crippen molar-refractivity contribution in [3.63, 3.8) is 0 Å². The Morgan fingerprint density at radius 2 is 1.90 bits per heavy atom. The van der Waals surface area contributed by atoms with Gasteiger partial charge in [-0.05, 0) is 25.1 Å². The van der Waals surface area contributed by atoms with Crippen LogP contribution in [0, 0.1) is 0 Å². The third-order valence-corrected chi connectivity index (χ3v) is 3.00. The number of para-hydroxylation sites is 1. The molecule has 1 heterocycles. The molecule has 0 fully saturated rings. The number of hydrogen-bond acceptors (Lipinski definition) is 5. The fourth-order valence-corrected chi connectivity index (χ4v) is 2.02. The Balaban J connectivity index is 2.22. The first kappa shape index (κ1) is 15.1. The second kappa shape index (κ2) is 7.50. The Bertz CT molecular complexity index is 587. The van der Waals surface area contributed by atoms with E-state index in [4.69, 9.17) is 19.9 Å². The molecule has 1 aromatic heterocycles. The lowest BCUT2D eigenvalue weighted by Crippen LogP contribution is -2.06. The molecule has 0 aliphatic carbocycles. The van der Waals surface area contributed by atoms with Crippen LogP contribution in [0.25, 0.3) is 0 Å². The van der Waals surface area contributed by atoms with Gasteiger partial charge in [0.05, 0.1) is 19.3 Å². The predicted octanol–water partition coefficient (Wildman–Crippen LogP) is 2.53. The molecule has 0 aliphatic heterocycles. The van der Waals surface area contributed by atoms with Crippen LogP contribution in [0.15, 0.2) is 36.5 Å². The van der Waals surface area contributed by atoms with Gasteiger partial charge in [-0.3, -0.25) is 0 Å². The summed E-state index contributed by atoms with van der Waals surface area (Å²) >= 11 is 0. The summed E-state index contributed by atoms with van der Waals surface area (Å²) in [6.45, 7) is 3.23. The average Bonchev–Trinajstić information content (AvgIpc) is 2.54. The molecule has 0 saturated carbocycles. The molecule has 112 valence electrons. The van der Waals surface area contributed by atoms with E-state index < -0.39 is 0 Å². The maximum atomic E-state index is 5.92.